The minimum Gasteiger partial charge on any atom is -0.492 e. The van der Waals surface area contributed by atoms with Gasteiger partial charge in [-0.2, -0.15) is 0 Å². The molecule has 0 radical (unpaired) electrons. The maximum absolute atomic E-state index is 12.9. The van der Waals surface area contributed by atoms with Crippen LogP contribution in [0.4, 0.5) is 4.39 Å². The second kappa shape index (κ2) is 7.30. The second-order valence-electron chi connectivity index (χ2n) is 6.62. The van der Waals surface area contributed by atoms with Crippen molar-refractivity contribution in [3.05, 3.63) is 30.1 Å². The fourth-order valence-corrected chi connectivity index (χ4v) is 3.79. The predicted molar refractivity (Wildman–Crippen MR) is 86.9 cm³/mol. The molecule has 0 spiro atoms. The van der Waals surface area contributed by atoms with Crippen LogP contribution in [0.5, 0.6) is 5.75 Å². The lowest BCUT2D eigenvalue weighted by Gasteiger charge is -2.41. The molecule has 2 fully saturated rings. The number of halogens is 1. The van der Waals surface area contributed by atoms with Gasteiger partial charge in [0.1, 0.15) is 18.2 Å². The summed E-state index contributed by atoms with van der Waals surface area (Å²) in [5, 5.41) is 0. The molecule has 5 heteroatoms. The molecule has 0 N–H and O–H groups in total. The average molecular weight is 320 g/mol. The van der Waals surface area contributed by atoms with Crippen LogP contribution in [0.3, 0.4) is 0 Å². The SMILES string of the molecule is CN1C(=O)CCC[C@@H]2CN(CCOc3ccc(F)cc3)CC[C@H]21. The van der Waals surface area contributed by atoms with Crippen LogP contribution >= 0.6 is 0 Å². The molecule has 126 valence electrons. The lowest BCUT2D eigenvalue weighted by molar-refractivity contribution is -0.132. The summed E-state index contributed by atoms with van der Waals surface area (Å²) >= 11 is 0. The Bertz CT molecular complexity index is 534. The van der Waals surface area contributed by atoms with E-state index in [-0.39, 0.29) is 5.82 Å². The third kappa shape index (κ3) is 4.02. The molecule has 4 nitrogen and oxygen atoms in total. The van der Waals surface area contributed by atoms with Crippen LogP contribution in [0.2, 0.25) is 0 Å². The van der Waals surface area contributed by atoms with Crippen LogP contribution < -0.4 is 4.74 Å². The molecule has 1 amide bonds. The van der Waals surface area contributed by atoms with Gasteiger partial charge in [-0.15, -0.1) is 0 Å². The molecule has 0 aliphatic carbocycles. The number of likely N-dealkylation sites (tertiary alicyclic amines) is 2. The number of fused-ring (bicyclic) bond motifs is 1. The van der Waals surface area contributed by atoms with Gasteiger partial charge in [0.05, 0.1) is 0 Å². The molecule has 23 heavy (non-hydrogen) atoms. The summed E-state index contributed by atoms with van der Waals surface area (Å²) in [6.07, 6.45) is 3.88. The highest BCUT2D eigenvalue weighted by atomic mass is 19.1. The first kappa shape index (κ1) is 16.2. The standard InChI is InChI=1S/C18H25FN2O2/c1-20-17-9-10-21(13-14(17)3-2-4-18(20)22)11-12-23-16-7-5-15(19)6-8-16/h5-8,14,17H,2-4,9-13H2,1H3/t14-,17-/m1/s1. The van der Waals surface area contributed by atoms with Crippen molar-refractivity contribution in [3.63, 3.8) is 0 Å². The second-order valence-corrected chi connectivity index (χ2v) is 6.62. The zero-order valence-electron chi connectivity index (χ0n) is 13.7. The minimum atomic E-state index is -0.244. The monoisotopic (exact) mass is 320 g/mol. The number of piperidine rings is 1. The van der Waals surface area contributed by atoms with Crippen LogP contribution in [-0.4, -0.2) is 55.0 Å². The Labute approximate surface area is 137 Å². The van der Waals surface area contributed by atoms with Gasteiger partial charge in [-0.1, -0.05) is 0 Å². The lowest BCUT2D eigenvalue weighted by Crippen LogP contribution is -2.50. The first-order valence-electron chi connectivity index (χ1n) is 8.50. The van der Waals surface area contributed by atoms with Crippen LogP contribution in [0.15, 0.2) is 24.3 Å². The molecule has 2 aliphatic heterocycles. The number of hydrogen-bond acceptors (Lipinski definition) is 3. The van der Waals surface area contributed by atoms with Gasteiger partial charge in [0, 0.05) is 39.1 Å². The molecule has 0 bridgehead atoms. The van der Waals surface area contributed by atoms with E-state index >= 15 is 0 Å². The van der Waals surface area contributed by atoms with Crippen molar-refractivity contribution in [2.24, 2.45) is 5.92 Å². The maximum Gasteiger partial charge on any atom is 0.222 e. The quantitative estimate of drug-likeness (QED) is 0.855. The van der Waals surface area contributed by atoms with E-state index in [1.807, 2.05) is 11.9 Å². The molecular weight excluding hydrogens is 295 g/mol. The Kier molecular flexibility index (Phi) is 5.16. The summed E-state index contributed by atoms with van der Waals surface area (Å²) < 4.78 is 18.5. The van der Waals surface area contributed by atoms with Crippen molar-refractivity contribution in [2.75, 3.05) is 33.3 Å². The highest BCUT2D eigenvalue weighted by Crippen LogP contribution is 2.29. The van der Waals surface area contributed by atoms with E-state index in [0.717, 1.165) is 38.9 Å². The molecule has 1 aromatic rings. The van der Waals surface area contributed by atoms with E-state index in [1.54, 1.807) is 12.1 Å². The minimum absolute atomic E-state index is 0.244. The summed E-state index contributed by atoms with van der Waals surface area (Å²) in [7, 11) is 1.96. The van der Waals surface area contributed by atoms with Crippen molar-refractivity contribution >= 4 is 5.91 Å². The van der Waals surface area contributed by atoms with E-state index in [0.29, 0.717) is 36.6 Å². The number of rotatable bonds is 4. The molecule has 1 aromatic carbocycles. The first-order chi connectivity index (χ1) is 11.1. The third-order valence-electron chi connectivity index (χ3n) is 5.12. The van der Waals surface area contributed by atoms with Crippen molar-refractivity contribution in [1.29, 1.82) is 0 Å². The molecule has 2 aliphatic rings. The molecule has 3 rings (SSSR count). The van der Waals surface area contributed by atoms with Gasteiger partial charge < -0.3 is 9.64 Å². The van der Waals surface area contributed by atoms with Crippen molar-refractivity contribution in [1.82, 2.24) is 9.80 Å². The number of carbonyl (C=O) groups is 1. The first-order valence-corrected chi connectivity index (χ1v) is 8.50. The van der Waals surface area contributed by atoms with E-state index < -0.39 is 0 Å². The number of benzene rings is 1. The van der Waals surface area contributed by atoms with Crippen LogP contribution in [0, 0.1) is 11.7 Å². The van der Waals surface area contributed by atoms with Crippen LogP contribution in [0.25, 0.3) is 0 Å². The Morgan fingerprint density at radius 1 is 1.26 bits per heavy atom. The Balaban J connectivity index is 1.47. The molecule has 0 unspecified atom stereocenters. The van der Waals surface area contributed by atoms with Crippen LogP contribution in [-0.2, 0) is 4.79 Å². The largest absolute Gasteiger partial charge is 0.492 e. The van der Waals surface area contributed by atoms with Gasteiger partial charge in [0.2, 0.25) is 5.91 Å². The molecule has 2 atom stereocenters. The average Bonchev–Trinajstić information content (AvgIpc) is 2.69. The molecular formula is C18H25FN2O2. The number of ether oxygens (including phenoxy) is 1. The van der Waals surface area contributed by atoms with Gasteiger partial charge in [-0.3, -0.25) is 9.69 Å². The fourth-order valence-electron chi connectivity index (χ4n) is 3.79. The van der Waals surface area contributed by atoms with E-state index in [2.05, 4.69) is 4.90 Å². The van der Waals surface area contributed by atoms with E-state index in [9.17, 15) is 9.18 Å². The van der Waals surface area contributed by atoms with Crippen molar-refractivity contribution < 1.29 is 13.9 Å². The lowest BCUT2D eigenvalue weighted by atomic mass is 9.88. The zero-order valence-corrected chi connectivity index (χ0v) is 13.7. The number of nitrogens with zero attached hydrogens (tertiary/aromatic N) is 2. The molecule has 2 saturated heterocycles. The summed E-state index contributed by atoms with van der Waals surface area (Å²) in [5.41, 5.74) is 0. The predicted octanol–water partition coefficient (Wildman–Crippen LogP) is 2.54. The Morgan fingerprint density at radius 3 is 2.83 bits per heavy atom. The summed E-state index contributed by atoms with van der Waals surface area (Å²) in [6, 6.07) is 6.55. The fraction of sp³-hybridized carbons (Fsp3) is 0.611. The zero-order chi connectivity index (χ0) is 16.2. The topological polar surface area (TPSA) is 32.8 Å². The summed E-state index contributed by atoms with van der Waals surface area (Å²) in [5.74, 6) is 1.34. The van der Waals surface area contributed by atoms with Gasteiger partial charge in [0.25, 0.3) is 0 Å². The highest BCUT2D eigenvalue weighted by molar-refractivity contribution is 5.76. The molecule has 2 heterocycles. The molecule has 0 aromatic heterocycles. The number of carbonyl (C=O) groups excluding carboxylic acids is 1. The Morgan fingerprint density at radius 2 is 2.04 bits per heavy atom. The van der Waals surface area contributed by atoms with Gasteiger partial charge in [-0.25, -0.2) is 4.39 Å². The maximum atomic E-state index is 12.9. The van der Waals surface area contributed by atoms with Gasteiger partial charge in [0.15, 0.2) is 0 Å². The smallest absolute Gasteiger partial charge is 0.222 e. The Hall–Kier alpha value is -1.62. The third-order valence-corrected chi connectivity index (χ3v) is 5.12. The molecule has 0 saturated carbocycles. The van der Waals surface area contributed by atoms with Crippen LogP contribution in [0.1, 0.15) is 25.7 Å². The van der Waals surface area contributed by atoms with Gasteiger partial charge in [-0.05, 0) is 49.4 Å². The summed E-state index contributed by atoms with van der Waals surface area (Å²) in [6.45, 7) is 3.52. The number of amides is 1. The number of hydrogen-bond donors (Lipinski definition) is 0. The van der Waals surface area contributed by atoms with E-state index in [4.69, 9.17) is 4.74 Å². The highest BCUT2D eigenvalue weighted by Gasteiger charge is 2.35. The van der Waals surface area contributed by atoms with Gasteiger partial charge >= 0.3 is 0 Å². The van der Waals surface area contributed by atoms with Crippen molar-refractivity contribution in [2.45, 2.75) is 31.7 Å². The normalized spacial score (nSPS) is 25.8. The van der Waals surface area contributed by atoms with Crippen molar-refractivity contribution in [3.8, 4) is 5.75 Å². The summed E-state index contributed by atoms with van der Waals surface area (Å²) in [4.78, 5) is 16.4. The van der Waals surface area contributed by atoms with E-state index in [1.165, 1.54) is 12.1 Å².